The Balaban J connectivity index is 1.69. The van der Waals surface area contributed by atoms with Crippen LogP contribution >= 0.6 is 0 Å². The Hall–Kier alpha value is -2.93. The van der Waals surface area contributed by atoms with E-state index in [1.165, 1.54) is 12.1 Å². The summed E-state index contributed by atoms with van der Waals surface area (Å²) in [7, 11) is 0. The molecule has 0 fully saturated rings. The van der Waals surface area contributed by atoms with Crippen molar-refractivity contribution in [3.63, 3.8) is 0 Å². The molecule has 1 aliphatic rings. The highest BCUT2D eigenvalue weighted by molar-refractivity contribution is 5.75. The average molecular weight is 341 g/mol. The van der Waals surface area contributed by atoms with Crippen molar-refractivity contribution in [3.05, 3.63) is 75.3 Å². The number of benzene rings is 2. The van der Waals surface area contributed by atoms with Crippen LogP contribution in [-0.4, -0.2) is 34.1 Å². The van der Waals surface area contributed by atoms with Gasteiger partial charge in [0, 0.05) is 25.2 Å². The molecule has 0 saturated heterocycles. The maximum atomic E-state index is 12.5. The van der Waals surface area contributed by atoms with Gasteiger partial charge in [-0.1, -0.05) is 36.4 Å². The van der Waals surface area contributed by atoms with Crippen molar-refractivity contribution in [3.8, 4) is 0 Å². The molecule has 0 bridgehead atoms. The molecule has 0 aliphatic carbocycles. The van der Waals surface area contributed by atoms with Crippen LogP contribution in [-0.2, 0) is 13.0 Å². The summed E-state index contributed by atoms with van der Waals surface area (Å²) in [6.07, 6.45) is 0.733. The van der Waals surface area contributed by atoms with E-state index >= 15 is 0 Å². The first kappa shape index (κ1) is 16.9. The van der Waals surface area contributed by atoms with Gasteiger partial charge in [-0.15, -0.1) is 0 Å². The fourth-order valence-corrected chi connectivity index (χ4v) is 3.15. The molecule has 0 spiro atoms. The number of hydrogen-bond donors (Lipinski definition) is 2. The number of aliphatic hydroxyl groups is 1. The third-order valence-corrected chi connectivity index (χ3v) is 4.41. The number of amides is 2. The highest BCUT2D eigenvalue weighted by Gasteiger charge is 2.29. The third kappa shape index (κ3) is 3.61. The van der Waals surface area contributed by atoms with Gasteiger partial charge < -0.3 is 15.3 Å². The van der Waals surface area contributed by atoms with E-state index in [1.54, 1.807) is 17.0 Å². The number of hydrogen-bond acceptors (Lipinski definition) is 4. The summed E-state index contributed by atoms with van der Waals surface area (Å²) in [6, 6.07) is 13.3. The highest BCUT2D eigenvalue weighted by atomic mass is 16.6. The molecule has 2 N–H and O–H groups in total. The van der Waals surface area contributed by atoms with Crippen molar-refractivity contribution in [2.24, 2.45) is 0 Å². The number of carbonyl (C=O) groups is 1. The molecule has 0 radical (unpaired) electrons. The lowest BCUT2D eigenvalue weighted by molar-refractivity contribution is -0.384. The number of nitrogens with zero attached hydrogens (tertiary/aromatic N) is 2. The predicted molar refractivity (Wildman–Crippen MR) is 92.0 cm³/mol. The number of fused-ring (bicyclic) bond motifs is 1. The quantitative estimate of drug-likeness (QED) is 0.659. The van der Waals surface area contributed by atoms with Crippen molar-refractivity contribution in [1.82, 2.24) is 10.2 Å². The number of nitro benzene ring substituents is 1. The first-order valence-electron chi connectivity index (χ1n) is 8.06. The van der Waals surface area contributed by atoms with Crippen LogP contribution in [0.5, 0.6) is 0 Å². The summed E-state index contributed by atoms with van der Waals surface area (Å²) in [5.74, 6) is 0. The lowest BCUT2D eigenvalue weighted by Gasteiger charge is -2.36. The fraction of sp³-hybridized carbons (Fsp3) is 0.278. The predicted octanol–water partition coefficient (Wildman–Crippen LogP) is 2.40. The van der Waals surface area contributed by atoms with Gasteiger partial charge in [0.2, 0.25) is 0 Å². The van der Waals surface area contributed by atoms with Crippen molar-refractivity contribution in [2.45, 2.75) is 19.0 Å². The van der Waals surface area contributed by atoms with Gasteiger partial charge in [0.1, 0.15) is 0 Å². The topological polar surface area (TPSA) is 95.7 Å². The van der Waals surface area contributed by atoms with E-state index in [2.05, 4.69) is 5.32 Å². The number of urea groups is 1. The highest BCUT2D eigenvalue weighted by Crippen LogP contribution is 2.29. The molecule has 2 aromatic carbocycles. The van der Waals surface area contributed by atoms with E-state index in [-0.39, 0.29) is 30.9 Å². The lowest BCUT2D eigenvalue weighted by Crippen LogP contribution is -2.46. The first-order valence-corrected chi connectivity index (χ1v) is 8.06. The Morgan fingerprint density at radius 3 is 2.84 bits per heavy atom. The van der Waals surface area contributed by atoms with E-state index in [4.69, 9.17) is 0 Å². The minimum atomic E-state index is -0.464. The van der Waals surface area contributed by atoms with Crippen LogP contribution in [0.15, 0.2) is 48.5 Å². The Bertz CT molecular complexity index is 793. The standard InChI is InChI=1S/C18H19N3O4/c22-12-17-16-7-2-1-5-14(16)8-9-20(17)18(23)19-11-13-4-3-6-15(10-13)21(24)25/h1-7,10,17,22H,8-9,11-12H2,(H,19,23). The minimum absolute atomic E-state index is 0.00752. The summed E-state index contributed by atoms with van der Waals surface area (Å²) in [5, 5.41) is 23.3. The zero-order valence-corrected chi connectivity index (χ0v) is 13.6. The van der Waals surface area contributed by atoms with Gasteiger partial charge in [-0.05, 0) is 23.1 Å². The van der Waals surface area contributed by atoms with E-state index in [9.17, 15) is 20.0 Å². The van der Waals surface area contributed by atoms with Crippen molar-refractivity contribution in [1.29, 1.82) is 0 Å². The van der Waals surface area contributed by atoms with Gasteiger partial charge in [-0.2, -0.15) is 0 Å². The maximum Gasteiger partial charge on any atom is 0.318 e. The second-order valence-electron chi connectivity index (χ2n) is 5.93. The molecule has 130 valence electrons. The van der Waals surface area contributed by atoms with Crippen LogP contribution in [0.1, 0.15) is 22.7 Å². The fourth-order valence-electron chi connectivity index (χ4n) is 3.15. The molecule has 0 aromatic heterocycles. The molecular weight excluding hydrogens is 322 g/mol. The van der Waals surface area contributed by atoms with E-state index in [1.807, 2.05) is 24.3 Å². The molecule has 1 unspecified atom stereocenters. The molecular formula is C18H19N3O4. The number of aliphatic hydroxyl groups excluding tert-OH is 1. The second kappa shape index (κ2) is 7.31. The summed E-state index contributed by atoms with van der Waals surface area (Å²) < 4.78 is 0. The first-order chi connectivity index (χ1) is 12.1. The molecule has 0 saturated carbocycles. The second-order valence-corrected chi connectivity index (χ2v) is 5.93. The van der Waals surface area contributed by atoms with Gasteiger partial charge >= 0.3 is 6.03 Å². The Kier molecular flexibility index (Phi) is 4.95. The molecule has 2 amide bonds. The van der Waals surface area contributed by atoms with Gasteiger partial charge in [-0.3, -0.25) is 10.1 Å². The van der Waals surface area contributed by atoms with Crippen LogP contribution in [0.3, 0.4) is 0 Å². The Labute approximate surface area is 145 Å². The van der Waals surface area contributed by atoms with E-state index in [0.29, 0.717) is 12.1 Å². The molecule has 7 heteroatoms. The lowest BCUT2D eigenvalue weighted by atomic mass is 9.93. The number of nitro groups is 1. The Morgan fingerprint density at radius 2 is 2.08 bits per heavy atom. The molecule has 1 aliphatic heterocycles. The largest absolute Gasteiger partial charge is 0.394 e. The van der Waals surface area contributed by atoms with Crippen LogP contribution in [0, 0.1) is 10.1 Å². The van der Waals surface area contributed by atoms with Crippen LogP contribution in [0.2, 0.25) is 0 Å². The monoisotopic (exact) mass is 341 g/mol. The molecule has 2 aromatic rings. The summed E-state index contributed by atoms with van der Waals surface area (Å²) in [6.45, 7) is 0.557. The van der Waals surface area contributed by atoms with Crippen LogP contribution < -0.4 is 5.32 Å². The number of carbonyl (C=O) groups excluding carboxylic acids is 1. The molecule has 1 atom stereocenters. The maximum absolute atomic E-state index is 12.5. The van der Waals surface area contributed by atoms with Crippen molar-refractivity contribution in [2.75, 3.05) is 13.2 Å². The minimum Gasteiger partial charge on any atom is -0.394 e. The molecule has 7 nitrogen and oxygen atoms in total. The third-order valence-electron chi connectivity index (χ3n) is 4.41. The van der Waals surface area contributed by atoms with E-state index < -0.39 is 4.92 Å². The molecule has 25 heavy (non-hydrogen) atoms. The Morgan fingerprint density at radius 1 is 1.28 bits per heavy atom. The van der Waals surface area contributed by atoms with Crippen LogP contribution in [0.4, 0.5) is 10.5 Å². The smallest absolute Gasteiger partial charge is 0.318 e. The zero-order valence-electron chi connectivity index (χ0n) is 13.6. The summed E-state index contributed by atoms with van der Waals surface area (Å²) in [4.78, 5) is 24.5. The summed E-state index contributed by atoms with van der Waals surface area (Å²) in [5.41, 5.74) is 2.75. The number of non-ortho nitro benzene ring substituents is 1. The van der Waals surface area contributed by atoms with Gasteiger partial charge in [0.05, 0.1) is 17.6 Å². The molecule has 1 heterocycles. The van der Waals surface area contributed by atoms with Gasteiger partial charge in [0.25, 0.3) is 5.69 Å². The van der Waals surface area contributed by atoms with Crippen molar-refractivity contribution >= 4 is 11.7 Å². The number of nitrogens with one attached hydrogen (secondary N) is 1. The zero-order chi connectivity index (χ0) is 17.8. The normalized spacial score (nSPS) is 16.2. The number of rotatable bonds is 4. The van der Waals surface area contributed by atoms with Crippen molar-refractivity contribution < 1.29 is 14.8 Å². The van der Waals surface area contributed by atoms with E-state index in [0.717, 1.165) is 17.5 Å². The van der Waals surface area contributed by atoms with Gasteiger partial charge in [0.15, 0.2) is 0 Å². The van der Waals surface area contributed by atoms with Crippen LogP contribution in [0.25, 0.3) is 0 Å². The molecule has 3 rings (SSSR count). The average Bonchev–Trinajstić information content (AvgIpc) is 2.65. The summed E-state index contributed by atoms with van der Waals surface area (Å²) >= 11 is 0. The van der Waals surface area contributed by atoms with Gasteiger partial charge in [-0.25, -0.2) is 4.79 Å². The SMILES string of the molecule is O=C(NCc1cccc([N+](=O)[O-])c1)N1CCc2ccccc2C1CO.